The van der Waals surface area contributed by atoms with E-state index in [1.807, 2.05) is 53.9 Å². The summed E-state index contributed by atoms with van der Waals surface area (Å²) in [5, 5.41) is 4.06. The molecule has 0 saturated heterocycles. The lowest BCUT2D eigenvalue weighted by molar-refractivity contribution is 1.11. The van der Waals surface area contributed by atoms with Crippen LogP contribution in [-0.4, -0.2) is 12.0 Å². The van der Waals surface area contributed by atoms with Gasteiger partial charge in [0.2, 0.25) is 0 Å². The van der Waals surface area contributed by atoms with E-state index < -0.39 is 0 Å². The largest absolute Gasteiger partial charge is 0.394 e. The van der Waals surface area contributed by atoms with Crippen LogP contribution in [0.3, 0.4) is 0 Å². The van der Waals surface area contributed by atoms with E-state index in [1.165, 1.54) is 4.88 Å². The summed E-state index contributed by atoms with van der Waals surface area (Å²) < 4.78 is 0. The molecule has 15 heavy (non-hydrogen) atoms. The molecule has 0 atom stereocenters. The van der Waals surface area contributed by atoms with Gasteiger partial charge in [-0.3, -0.25) is 0 Å². The number of aromatic nitrogens is 1. The average Bonchev–Trinajstić information content (AvgIpc) is 2.60. The summed E-state index contributed by atoms with van der Waals surface area (Å²) >= 11 is 1.73. The molecule has 0 saturated carbocycles. The lowest BCUT2D eigenvalue weighted by atomic mass is 10.4. The highest BCUT2D eigenvalue weighted by Crippen LogP contribution is 2.16. The van der Waals surface area contributed by atoms with Crippen LogP contribution in [0, 0.1) is 13.8 Å². The Kier molecular flexibility index (Phi) is 12.4. The van der Waals surface area contributed by atoms with Gasteiger partial charge in [0.25, 0.3) is 0 Å². The molecule has 0 unspecified atom stereocenters. The zero-order valence-electron chi connectivity index (χ0n) is 11.0. The number of nitrogens with zero attached hydrogens (tertiary/aromatic N) is 1. The minimum atomic E-state index is 1.07. The smallest absolute Gasteiger partial charge is 0.0904 e. The second-order valence-electron chi connectivity index (χ2n) is 2.30. The first-order chi connectivity index (χ1) is 7.24. The van der Waals surface area contributed by atoms with Crippen LogP contribution in [0.15, 0.2) is 6.20 Å². The van der Waals surface area contributed by atoms with Crippen molar-refractivity contribution >= 4 is 17.4 Å². The third kappa shape index (κ3) is 7.14. The number of rotatable bonds is 2. The van der Waals surface area contributed by atoms with Gasteiger partial charge >= 0.3 is 0 Å². The van der Waals surface area contributed by atoms with Crippen molar-refractivity contribution in [2.24, 2.45) is 0 Å². The first-order valence-electron chi connectivity index (χ1n) is 5.52. The summed E-state index contributed by atoms with van der Waals surface area (Å²) in [6.07, 6.45) is 3.88. The van der Waals surface area contributed by atoms with Gasteiger partial charge in [0.05, 0.1) is 10.7 Å². The predicted molar refractivity (Wildman–Crippen MR) is 72.4 cm³/mol. The molecule has 1 aromatic rings. The van der Waals surface area contributed by atoms with Gasteiger partial charge in [-0.05, 0) is 26.1 Å². The van der Waals surface area contributed by atoms with Crippen molar-refractivity contribution in [2.75, 3.05) is 7.05 Å². The molecule has 1 aromatic heterocycles. The fourth-order valence-corrected chi connectivity index (χ4v) is 1.67. The Labute approximate surface area is 98.4 Å². The Morgan fingerprint density at radius 1 is 1.13 bits per heavy atom. The molecule has 3 heteroatoms. The van der Waals surface area contributed by atoms with Crippen molar-refractivity contribution in [3.63, 3.8) is 0 Å². The third-order valence-electron chi connectivity index (χ3n) is 1.35. The maximum absolute atomic E-state index is 4.34. The van der Waals surface area contributed by atoms with E-state index in [0.717, 1.165) is 10.7 Å². The van der Waals surface area contributed by atoms with Crippen LogP contribution in [0.5, 0.6) is 0 Å². The first-order valence-corrected chi connectivity index (χ1v) is 6.33. The lowest BCUT2D eigenvalue weighted by Gasteiger charge is -1.86. The van der Waals surface area contributed by atoms with Crippen LogP contribution in [0.1, 0.15) is 43.3 Å². The molecule has 0 amide bonds. The standard InChI is InChI=1S/C8H12N2S.2C2H6/c1-6-8(4-5-9-3)10-7(2)11-6;2*1-2/h4-5,9H,1-3H3;2*1-2H3/b5-4-;;. The molecule has 0 aliphatic heterocycles. The quantitative estimate of drug-likeness (QED) is 0.827. The molecule has 1 rings (SSSR count). The topological polar surface area (TPSA) is 24.9 Å². The van der Waals surface area contributed by atoms with E-state index in [2.05, 4.69) is 17.2 Å². The van der Waals surface area contributed by atoms with Crippen LogP contribution in [0.25, 0.3) is 6.08 Å². The molecule has 0 spiro atoms. The summed E-state index contributed by atoms with van der Waals surface area (Å²) in [4.78, 5) is 5.61. The van der Waals surface area contributed by atoms with E-state index in [-0.39, 0.29) is 0 Å². The predicted octanol–water partition coefficient (Wildman–Crippen LogP) is 4.00. The third-order valence-corrected chi connectivity index (χ3v) is 2.25. The molecule has 0 aromatic carbocycles. The number of hydrogen-bond donors (Lipinski definition) is 1. The number of thiazole rings is 1. The molecule has 0 radical (unpaired) electrons. The first kappa shape index (κ1) is 16.6. The molecule has 0 aliphatic rings. The van der Waals surface area contributed by atoms with Crippen molar-refractivity contribution in [3.8, 4) is 0 Å². The molecular formula is C12H24N2S. The van der Waals surface area contributed by atoms with Gasteiger partial charge in [-0.25, -0.2) is 4.98 Å². The Bertz CT molecular complexity index is 265. The normalized spacial score (nSPS) is 8.73. The molecule has 0 bridgehead atoms. The van der Waals surface area contributed by atoms with E-state index in [9.17, 15) is 0 Å². The highest BCUT2D eigenvalue weighted by molar-refractivity contribution is 7.11. The molecule has 0 fully saturated rings. The second kappa shape index (κ2) is 11.2. The molecular weight excluding hydrogens is 204 g/mol. The van der Waals surface area contributed by atoms with Gasteiger partial charge in [-0.1, -0.05) is 27.7 Å². The Balaban J connectivity index is 0. The molecule has 88 valence electrons. The maximum atomic E-state index is 4.34. The van der Waals surface area contributed by atoms with E-state index >= 15 is 0 Å². The highest BCUT2D eigenvalue weighted by Gasteiger charge is 1.98. The van der Waals surface area contributed by atoms with E-state index in [1.54, 1.807) is 11.3 Å². The van der Waals surface area contributed by atoms with Crippen LogP contribution in [0.4, 0.5) is 0 Å². The van der Waals surface area contributed by atoms with Crippen molar-refractivity contribution in [2.45, 2.75) is 41.5 Å². The molecule has 2 nitrogen and oxygen atoms in total. The number of aryl methyl sites for hydroxylation is 2. The lowest BCUT2D eigenvalue weighted by Crippen LogP contribution is -1.91. The fourth-order valence-electron chi connectivity index (χ4n) is 0.862. The molecule has 0 aliphatic carbocycles. The van der Waals surface area contributed by atoms with Crippen LogP contribution >= 0.6 is 11.3 Å². The van der Waals surface area contributed by atoms with Gasteiger partial charge in [0.1, 0.15) is 0 Å². The van der Waals surface area contributed by atoms with Crippen molar-refractivity contribution in [1.82, 2.24) is 10.3 Å². The van der Waals surface area contributed by atoms with Crippen molar-refractivity contribution in [3.05, 3.63) is 21.8 Å². The average molecular weight is 228 g/mol. The highest BCUT2D eigenvalue weighted by atomic mass is 32.1. The zero-order chi connectivity index (χ0) is 12.3. The summed E-state index contributed by atoms with van der Waals surface area (Å²) in [5.41, 5.74) is 1.07. The fraction of sp³-hybridized carbons (Fsp3) is 0.583. The number of nitrogens with one attached hydrogen (secondary N) is 1. The Morgan fingerprint density at radius 2 is 1.67 bits per heavy atom. The Hall–Kier alpha value is -0.830. The SMILES string of the molecule is CC.CC.CN/C=C\c1nc(C)sc1C. The summed E-state index contributed by atoms with van der Waals surface area (Å²) in [7, 11) is 1.88. The molecule has 1 N–H and O–H groups in total. The molecule has 1 heterocycles. The minimum Gasteiger partial charge on any atom is -0.394 e. The second-order valence-corrected chi connectivity index (χ2v) is 3.70. The maximum Gasteiger partial charge on any atom is 0.0904 e. The number of hydrogen-bond acceptors (Lipinski definition) is 3. The van der Waals surface area contributed by atoms with Crippen LogP contribution in [-0.2, 0) is 0 Å². The summed E-state index contributed by atoms with van der Waals surface area (Å²) in [6.45, 7) is 12.1. The monoisotopic (exact) mass is 228 g/mol. The minimum absolute atomic E-state index is 1.07. The zero-order valence-corrected chi connectivity index (χ0v) is 11.8. The van der Waals surface area contributed by atoms with Gasteiger partial charge in [-0.15, -0.1) is 11.3 Å². The van der Waals surface area contributed by atoms with E-state index in [4.69, 9.17) is 0 Å². The van der Waals surface area contributed by atoms with Crippen molar-refractivity contribution in [1.29, 1.82) is 0 Å². The van der Waals surface area contributed by atoms with Crippen LogP contribution < -0.4 is 5.32 Å². The van der Waals surface area contributed by atoms with Gasteiger partial charge in [0, 0.05) is 11.9 Å². The van der Waals surface area contributed by atoms with E-state index in [0.29, 0.717) is 0 Å². The summed E-state index contributed by atoms with van der Waals surface area (Å²) in [5.74, 6) is 0. The summed E-state index contributed by atoms with van der Waals surface area (Å²) in [6, 6.07) is 0. The van der Waals surface area contributed by atoms with Crippen LogP contribution in [0.2, 0.25) is 0 Å². The Morgan fingerprint density at radius 3 is 2.00 bits per heavy atom. The van der Waals surface area contributed by atoms with Crippen molar-refractivity contribution < 1.29 is 0 Å². The van der Waals surface area contributed by atoms with Gasteiger partial charge in [0.15, 0.2) is 0 Å². The van der Waals surface area contributed by atoms with Gasteiger partial charge in [-0.2, -0.15) is 0 Å². The van der Waals surface area contributed by atoms with Gasteiger partial charge < -0.3 is 5.32 Å².